The zero-order chi connectivity index (χ0) is 9.68. The highest BCUT2D eigenvalue weighted by molar-refractivity contribution is 5.82. The number of anilines is 1. The van der Waals surface area contributed by atoms with Gasteiger partial charge in [-0.05, 0) is 19.1 Å². The molecule has 0 atom stereocenters. The fourth-order valence-electron chi connectivity index (χ4n) is 1.07. The quantitative estimate of drug-likeness (QED) is 0.512. The number of para-hydroxylation sites is 2. The van der Waals surface area contributed by atoms with E-state index >= 15 is 0 Å². The van der Waals surface area contributed by atoms with Crippen LogP contribution in [-0.2, 0) is 4.79 Å². The van der Waals surface area contributed by atoms with E-state index < -0.39 is 0 Å². The Morgan fingerprint density at radius 2 is 2.08 bits per heavy atom. The van der Waals surface area contributed by atoms with E-state index in [2.05, 4.69) is 4.99 Å². The minimum absolute atomic E-state index is 0.768. The van der Waals surface area contributed by atoms with E-state index in [4.69, 9.17) is 0 Å². The molecule has 68 valence electrons. The normalized spacial score (nSPS) is 10.3. The molecule has 0 aliphatic rings. The zero-order valence-electron chi connectivity index (χ0n) is 7.77. The number of nitrogens with zero attached hydrogens (tertiary/aromatic N) is 2. The van der Waals surface area contributed by atoms with E-state index in [0.29, 0.717) is 0 Å². The van der Waals surface area contributed by atoms with E-state index in [1.165, 1.54) is 4.90 Å². The summed E-state index contributed by atoms with van der Waals surface area (Å²) >= 11 is 0. The summed E-state index contributed by atoms with van der Waals surface area (Å²) in [5.41, 5.74) is 1.62. The third-order valence-corrected chi connectivity index (χ3v) is 1.69. The van der Waals surface area contributed by atoms with Crippen molar-refractivity contribution in [3.05, 3.63) is 24.3 Å². The zero-order valence-corrected chi connectivity index (χ0v) is 7.77. The number of rotatable bonds is 3. The fraction of sp³-hybridized carbons (Fsp3) is 0.200. The molecular formula is C10H12N2O. The van der Waals surface area contributed by atoms with Gasteiger partial charge in [0.1, 0.15) is 0 Å². The Hall–Kier alpha value is -1.64. The number of aliphatic imine (C=N–C) groups is 1. The molecule has 0 aliphatic heterocycles. The summed E-state index contributed by atoms with van der Waals surface area (Å²) in [4.78, 5) is 16.2. The summed E-state index contributed by atoms with van der Waals surface area (Å²) < 4.78 is 0. The van der Waals surface area contributed by atoms with E-state index in [1.54, 1.807) is 13.3 Å². The molecule has 13 heavy (non-hydrogen) atoms. The van der Waals surface area contributed by atoms with Crippen LogP contribution in [0, 0.1) is 0 Å². The third kappa shape index (κ3) is 2.15. The lowest BCUT2D eigenvalue weighted by atomic mass is 10.2. The molecule has 1 aromatic rings. The molecule has 0 radical (unpaired) electrons. The first-order valence-corrected chi connectivity index (χ1v) is 4.05. The Labute approximate surface area is 77.7 Å². The maximum absolute atomic E-state index is 10.5. The molecule has 1 amide bonds. The van der Waals surface area contributed by atoms with Crippen molar-refractivity contribution in [2.45, 2.75) is 6.92 Å². The molecule has 0 aliphatic carbocycles. The molecule has 0 saturated heterocycles. The van der Waals surface area contributed by atoms with Crippen molar-refractivity contribution in [3.8, 4) is 0 Å². The number of hydrogen-bond donors (Lipinski definition) is 0. The molecular weight excluding hydrogens is 164 g/mol. The topological polar surface area (TPSA) is 32.7 Å². The summed E-state index contributed by atoms with van der Waals surface area (Å²) in [6, 6.07) is 7.50. The molecule has 0 N–H and O–H groups in total. The molecule has 1 rings (SSSR count). The van der Waals surface area contributed by atoms with Gasteiger partial charge in [0.05, 0.1) is 11.4 Å². The smallest absolute Gasteiger partial charge is 0.213 e. The monoisotopic (exact) mass is 176 g/mol. The van der Waals surface area contributed by atoms with Crippen LogP contribution in [0.1, 0.15) is 6.92 Å². The largest absolute Gasteiger partial charge is 0.316 e. The minimum Gasteiger partial charge on any atom is -0.316 e. The van der Waals surface area contributed by atoms with Gasteiger partial charge in [-0.3, -0.25) is 9.79 Å². The second kappa shape index (κ2) is 4.40. The number of carbonyl (C=O) groups excluding carboxylic acids is 1. The first kappa shape index (κ1) is 9.45. The van der Waals surface area contributed by atoms with E-state index in [0.717, 1.165) is 17.8 Å². The summed E-state index contributed by atoms with van der Waals surface area (Å²) in [6.07, 6.45) is 2.47. The van der Waals surface area contributed by atoms with E-state index in [1.807, 2.05) is 31.2 Å². The van der Waals surface area contributed by atoms with E-state index in [-0.39, 0.29) is 0 Å². The van der Waals surface area contributed by atoms with Crippen molar-refractivity contribution in [1.82, 2.24) is 0 Å². The Bertz CT molecular complexity index is 320. The second-order valence-corrected chi connectivity index (χ2v) is 2.59. The molecule has 0 saturated carbocycles. The van der Waals surface area contributed by atoms with Gasteiger partial charge in [0.15, 0.2) is 0 Å². The van der Waals surface area contributed by atoms with Gasteiger partial charge in [0.25, 0.3) is 0 Å². The maximum atomic E-state index is 10.5. The van der Waals surface area contributed by atoms with Crippen LogP contribution in [0.15, 0.2) is 29.3 Å². The van der Waals surface area contributed by atoms with Gasteiger partial charge < -0.3 is 4.90 Å². The van der Waals surface area contributed by atoms with Crippen LogP contribution in [0.25, 0.3) is 0 Å². The Morgan fingerprint density at radius 1 is 1.38 bits per heavy atom. The lowest BCUT2D eigenvalue weighted by molar-refractivity contribution is -0.107. The predicted octanol–water partition coefficient (Wildman–Crippen LogP) is 2.00. The SMILES string of the molecule is CC=Nc1ccccc1N(C)C=O. The van der Waals surface area contributed by atoms with Gasteiger partial charge in [0.2, 0.25) is 6.41 Å². The van der Waals surface area contributed by atoms with Crippen LogP contribution >= 0.6 is 0 Å². The third-order valence-electron chi connectivity index (χ3n) is 1.69. The van der Waals surface area contributed by atoms with Gasteiger partial charge in [-0.2, -0.15) is 0 Å². The van der Waals surface area contributed by atoms with Crippen LogP contribution in [0.3, 0.4) is 0 Å². The lowest BCUT2D eigenvalue weighted by Gasteiger charge is -2.12. The first-order valence-electron chi connectivity index (χ1n) is 4.05. The van der Waals surface area contributed by atoms with Crippen LogP contribution in [0.4, 0.5) is 11.4 Å². The summed E-state index contributed by atoms with van der Waals surface area (Å²) in [6.45, 7) is 1.84. The second-order valence-electron chi connectivity index (χ2n) is 2.59. The Balaban J connectivity index is 3.10. The molecule has 3 nitrogen and oxygen atoms in total. The van der Waals surface area contributed by atoms with Crippen LogP contribution in [0.5, 0.6) is 0 Å². The number of benzene rings is 1. The lowest BCUT2D eigenvalue weighted by Crippen LogP contribution is -2.13. The van der Waals surface area contributed by atoms with Crippen molar-refractivity contribution in [3.63, 3.8) is 0 Å². The van der Waals surface area contributed by atoms with Crippen molar-refractivity contribution < 1.29 is 4.79 Å². The molecule has 0 aromatic heterocycles. The molecule has 0 bridgehead atoms. The van der Waals surface area contributed by atoms with Gasteiger partial charge in [-0.1, -0.05) is 12.1 Å². The number of amides is 1. The standard InChI is InChI=1S/C10H12N2O/c1-3-11-9-6-4-5-7-10(9)12(2)8-13/h3-8H,1-2H3. The first-order chi connectivity index (χ1) is 6.29. The van der Waals surface area contributed by atoms with Crippen molar-refractivity contribution in [2.75, 3.05) is 11.9 Å². The fourth-order valence-corrected chi connectivity index (χ4v) is 1.07. The van der Waals surface area contributed by atoms with Gasteiger partial charge in [-0.25, -0.2) is 0 Å². The van der Waals surface area contributed by atoms with Gasteiger partial charge >= 0.3 is 0 Å². The highest BCUT2D eigenvalue weighted by atomic mass is 16.1. The van der Waals surface area contributed by atoms with Gasteiger partial charge in [0, 0.05) is 13.3 Å². The van der Waals surface area contributed by atoms with Crippen LogP contribution in [0.2, 0.25) is 0 Å². The van der Waals surface area contributed by atoms with Crippen molar-refractivity contribution in [1.29, 1.82) is 0 Å². The molecule has 1 aromatic carbocycles. The van der Waals surface area contributed by atoms with Crippen LogP contribution < -0.4 is 4.90 Å². The van der Waals surface area contributed by atoms with Gasteiger partial charge in [-0.15, -0.1) is 0 Å². The van der Waals surface area contributed by atoms with Crippen molar-refractivity contribution in [2.24, 2.45) is 4.99 Å². The predicted molar refractivity (Wildman–Crippen MR) is 54.7 cm³/mol. The van der Waals surface area contributed by atoms with Crippen LogP contribution in [-0.4, -0.2) is 19.7 Å². The molecule has 0 unspecified atom stereocenters. The Morgan fingerprint density at radius 3 is 2.69 bits per heavy atom. The maximum Gasteiger partial charge on any atom is 0.213 e. The summed E-state index contributed by atoms with van der Waals surface area (Å²) in [7, 11) is 1.71. The number of carbonyl (C=O) groups is 1. The molecule has 0 fully saturated rings. The Kier molecular flexibility index (Phi) is 3.20. The highest BCUT2D eigenvalue weighted by Gasteiger charge is 2.02. The van der Waals surface area contributed by atoms with Crippen molar-refractivity contribution >= 4 is 24.0 Å². The van der Waals surface area contributed by atoms with E-state index in [9.17, 15) is 4.79 Å². The molecule has 0 heterocycles. The summed E-state index contributed by atoms with van der Waals surface area (Å²) in [5, 5.41) is 0. The summed E-state index contributed by atoms with van der Waals surface area (Å²) in [5.74, 6) is 0. The number of hydrogen-bond acceptors (Lipinski definition) is 2. The molecule has 0 spiro atoms. The highest BCUT2D eigenvalue weighted by Crippen LogP contribution is 2.25. The average molecular weight is 176 g/mol. The molecule has 3 heteroatoms. The average Bonchev–Trinajstić information content (AvgIpc) is 2.18. The minimum atomic E-state index is 0.768.